The van der Waals surface area contributed by atoms with Gasteiger partial charge in [-0.1, -0.05) is 17.7 Å². The van der Waals surface area contributed by atoms with Crippen molar-refractivity contribution in [3.63, 3.8) is 0 Å². The summed E-state index contributed by atoms with van der Waals surface area (Å²) in [6.45, 7) is 0. The minimum Gasteiger partial charge on any atom is -0.495 e. The van der Waals surface area contributed by atoms with Crippen LogP contribution in [-0.2, 0) is 0 Å². The molecule has 0 aliphatic rings. The molecule has 0 unspecified atom stereocenters. The van der Waals surface area contributed by atoms with E-state index in [1.165, 1.54) is 19.5 Å². The maximum absolute atomic E-state index is 12.1. The molecule has 1 heterocycles. The first-order valence-corrected chi connectivity index (χ1v) is 5.84. The van der Waals surface area contributed by atoms with Crippen molar-refractivity contribution < 1.29 is 9.53 Å². The van der Waals surface area contributed by atoms with Crippen molar-refractivity contribution in [3.05, 3.63) is 47.2 Å². The molecule has 0 fully saturated rings. The van der Waals surface area contributed by atoms with Crippen molar-refractivity contribution in [1.29, 1.82) is 0 Å². The summed E-state index contributed by atoms with van der Waals surface area (Å²) in [6.07, 6.45) is 3.01. The van der Waals surface area contributed by atoms with Crippen molar-refractivity contribution in [2.24, 2.45) is 0 Å². The van der Waals surface area contributed by atoms with Gasteiger partial charge in [0.25, 0.3) is 5.91 Å². The number of nitrogen functional groups attached to an aromatic ring is 1. The quantitative estimate of drug-likeness (QED) is 0.846. The second-order valence-electron chi connectivity index (χ2n) is 3.73. The van der Waals surface area contributed by atoms with Crippen LogP contribution in [0.25, 0.3) is 0 Å². The number of methoxy groups -OCH3 is 1. The normalized spacial score (nSPS) is 10.0. The van der Waals surface area contributed by atoms with Crippen LogP contribution in [0.15, 0.2) is 36.7 Å². The van der Waals surface area contributed by atoms with Crippen LogP contribution in [0.4, 0.5) is 11.4 Å². The van der Waals surface area contributed by atoms with Gasteiger partial charge < -0.3 is 15.8 Å². The fraction of sp³-hybridized carbons (Fsp3) is 0.0769. The molecule has 5 nitrogen and oxygen atoms in total. The van der Waals surface area contributed by atoms with E-state index in [4.69, 9.17) is 22.1 Å². The Morgan fingerprint density at radius 3 is 2.89 bits per heavy atom. The predicted molar refractivity (Wildman–Crippen MR) is 74.6 cm³/mol. The highest BCUT2D eigenvalue weighted by Crippen LogP contribution is 2.26. The number of hydrogen-bond acceptors (Lipinski definition) is 4. The number of halogens is 1. The van der Waals surface area contributed by atoms with Crippen molar-refractivity contribution in [3.8, 4) is 5.75 Å². The van der Waals surface area contributed by atoms with Gasteiger partial charge in [-0.2, -0.15) is 0 Å². The summed E-state index contributed by atoms with van der Waals surface area (Å²) in [5, 5.41) is 3.06. The van der Waals surface area contributed by atoms with E-state index in [0.29, 0.717) is 22.0 Å². The number of ether oxygens (including phenoxy) is 1. The molecule has 3 N–H and O–H groups in total. The molecule has 0 aliphatic heterocycles. The number of nitrogens with one attached hydrogen (secondary N) is 1. The maximum atomic E-state index is 12.1. The van der Waals surface area contributed by atoms with Gasteiger partial charge in [0.05, 0.1) is 35.3 Å². The molecule has 1 amide bonds. The summed E-state index contributed by atoms with van der Waals surface area (Å²) in [5.74, 6) is 0.0798. The van der Waals surface area contributed by atoms with Crippen LogP contribution in [0, 0.1) is 0 Å². The van der Waals surface area contributed by atoms with E-state index < -0.39 is 0 Å². The van der Waals surface area contributed by atoms with Crippen molar-refractivity contribution in [2.75, 3.05) is 18.2 Å². The molecule has 98 valence electrons. The summed E-state index contributed by atoms with van der Waals surface area (Å²) in [6, 6.07) is 6.57. The largest absolute Gasteiger partial charge is 0.495 e. The SMILES string of the molecule is COc1cccc(C(=O)Nc2cnccc2Cl)c1N. The van der Waals surface area contributed by atoms with Gasteiger partial charge in [-0.3, -0.25) is 9.78 Å². The van der Waals surface area contributed by atoms with Crippen LogP contribution < -0.4 is 15.8 Å². The average molecular weight is 278 g/mol. The average Bonchev–Trinajstić information content (AvgIpc) is 2.41. The third-order valence-electron chi connectivity index (χ3n) is 2.55. The molecule has 0 bridgehead atoms. The number of nitrogens with two attached hydrogens (primary N) is 1. The van der Waals surface area contributed by atoms with Crippen LogP contribution in [0.3, 0.4) is 0 Å². The fourth-order valence-corrected chi connectivity index (χ4v) is 1.73. The third-order valence-corrected chi connectivity index (χ3v) is 2.88. The highest BCUT2D eigenvalue weighted by molar-refractivity contribution is 6.33. The maximum Gasteiger partial charge on any atom is 0.257 e. The van der Waals surface area contributed by atoms with Gasteiger partial charge in [0.1, 0.15) is 5.75 Å². The van der Waals surface area contributed by atoms with E-state index >= 15 is 0 Å². The van der Waals surface area contributed by atoms with Gasteiger partial charge in [-0.05, 0) is 18.2 Å². The number of carbonyl (C=O) groups excluding carboxylic acids is 1. The number of benzene rings is 1. The van der Waals surface area contributed by atoms with Crippen LogP contribution in [0.2, 0.25) is 5.02 Å². The second kappa shape index (κ2) is 5.58. The number of carbonyl (C=O) groups is 1. The van der Waals surface area contributed by atoms with E-state index in [-0.39, 0.29) is 11.6 Å². The van der Waals surface area contributed by atoms with Crippen molar-refractivity contribution in [1.82, 2.24) is 4.98 Å². The molecule has 6 heteroatoms. The Morgan fingerprint density at radius 1 is 1.42 bits per heavy atom. The fourth-order valence-electron chi connectivity index (χ4n) is 1.58. The molecule has 0 radical (unpaired) electrons. The van der Waals surface area contributed by atoms with Gasteiger partial charge >= 0.3 is 0 Å². The topological polar surface area (TPSA) is 77.2 Å². The molecule has 0 saturated carbocycles. The summed E-state index contributed by atoms with van der Waals surface area (Å²) < 4.78 is 5.07. The van der Waals surface area contributed by atoms with E-state index in [1.54, 1.807) is 24.3 Å². The molecule has 2 rings (SSSR count). The highest BCUT2D eigenvalue weighted by atomic mass is 35.5. The lowest BCUT2D eigenvalue weighted by Gasteiger charge is -2.10. The van der Waals surface area contributed by atoms with Gasteiger partial charge in [-0.15, -0.1) is 0 Å². The Labute approximate surface area is 115 Å². The first-order chi connectivity index (χ1) is 9.13. The number of anilines is 2. The zero-order chi connectivity index (χ0) is 13.8. The summed E-state index contributed by atoms with van der Waals surface area (Å²) >= 11 is 5.94. The highest BCUT2D eigenvalue weighted by Gasteiger charge is 2.14. The van der Waals surface area contributed by atoms with Gasteiger partial charge in [-0.25, -0.2) is 0 Å². The Balaban J connectivity index is 2.28. The molecule has 0 aliphatic carbocycles. The Hall–Kier alpha value is -2.27. The number of amides is 1. The van der Waals surface area contributed by atoms with Gasteiger partial charge in [0.15, 0.2) is 0 Å². The number of pyridine rings is 1. The van der Waals surface area contributed by atoms with Crippen LogP contribution in [-0.4, -0.2) is 18.0 Å². The van der Waals surface area contributed by atoms with E-state index in [2.05, 4.69) is 10.3 Å². The van der Waals surface area contributed by atoms with Crippen LogP contribution >= 0.6 is 11.6 Å². The molecule has 19 heavy (non-hydrogen) atoms. The number of para-hydroxylation sites is 1. The standard InChI is InChI=1S/C13H12ClN3O2/c1-19-11-4-2-3-8(12(11)15)13(18)17-10-7-16-6-5-9(10)14/h2-7H,15H2,1H3,(H,17,18). The lowest BCUT2D eigenvalue weighted by Crippen LogP contribution is -2.14. The number of rotatable bonds is 3. The molecule has 0 saturated heterocycles. The van der Waals surface area contributed by atoms with Crippen molar-refractivity contribution in [2.45, 2.75) is 0 Å². The monoisotopic (exact) mass is 277 g/mol. The van der Waals surface area contributed by atoms with Crippen LogP contribution in [0.1, 0.15) is 10.4 Å². The molecule has 1 aromatic carbocycles. The lowest BCUT2D eigenvalue weighted by molar-refractivity contribution is 0.102. The van der Waals surface area contributed by atoms with E-state index in [9.17, 15) is 4.79 Å². The minimum atomic E-state index is -0.369. The Morgan fingerprint density at radius 2 is 2.21 bits per heavy atom. The molecule has 0 spiro atoms. The van der Waals surface area contributed by atoms with Gasteiger partial charge in [0.2, 0.25) is 0 Å². The molecular weight excluding hydrogens is 266 g/mol. The molecule has 1 aromatic heterocycles. The lowest BCUT2D eigenvalue weighted by atomic mass is 10.1. The zero-order valence-corrected chi connectivity index (χ0v) is 10.9. The first kappa shape index (κ1) is 13.2. The minimum absolute atomic E-state index is 0.280. The second-order valence-corrected chi connectivity index (χ2v) is 4.14. The smallest absolute Gasteiger partial charge is 0.257 e. The van der Waals surface area contributed by atoms with Crippen LogP contribution in [0.5, 0.6) is 5.75 Å². The first-order valence-electron chi connectivity index (χ1n) is 5.47. The number of hydrogen-bond donors (Lipinski definition) is 2. The summed E-state index contributed by atoms with van der Waals surface area (Å²) in [4.78, 5) is 16.0. The predicted octanol–water partition coefficient (Wildman–Crippen LogP) is 2.58. The number of nitrogens with zero attached hydrogens (tertiary/aromatic N) is 1. The Kier molecular flexibility index (Phi) is 3.87. The summed E-state index contributed by atoms with van der Waals surface area (Å²) in [7, 11) is 1.49. The zero-order valence-electron chi connectivity index (χ0n) is 10.2. The Bertz CT molecular complexity index is 617. The van der Waals surface area contributed by atoms with Crippen molar-refractivity contribution >= 4 is 28.9 Å². The number of aromatic nitrogens is 1. The molecule has 0 atom stereocenters. The van der Waals surface area contributed by atoms with Gasteiger partial charge in [0, 0.05) is 6.20 Å². The molecular formula is C13H12ClN3O2. The molecule has 2 aromatic rings. The van der Waals surface area contributed by atoms with E-state index in [0.717, 1.165) is 0 Å². The third kappa shape index (κ3) is 2.77. The summed E-state index contributed by atoms with van der Waals surface area (Å²) in [5.41, 5.74) is 6.88. The van der Waals surface area contributed by atoms with E-state index in [1.807, 2.05) is 0 Å².